The Kier molecular flexibility index (Phi) is 3.99. The average Bonchev–Trinajstić information content (AvgIpc) is 2.56. The molecule has 0 heterocycles. The van der Waals surface area contributed by atoms with Crippen LogP contribution in [0.5, 0.6) is 11.5 Å². The lowest BCUT2D eigenvalue weighted by atomic mass is 9.99. The molecule has 0 aliphatic rings. The van der Waals surface area contributed by atoms with Crippen LogP contribution in [0.4, 0.5) is 0 Å². The molecule has 0 aromatic heterocycles. The van der Waals surface area contributed by atoms with Gasteiger partial charge in [0.15, 0.2) is 0 Å². The highest BCUT2D eigenvalue weighted by Crippen LogP contribution is 2.31. The zero-order valence-corrected chi connectivity index (χ0v) is 11.6. The van der Waals surface area contributed by atoms with Crippen molar-refractivity contribution < 1.29 is 4.74 Å². The normalized spacial score (nSPS) is 11.9. The molecule has 0 aliphatic carbocycles. The predicted octanol–water partition coefficient (Wildman–Crippen LogP) is 4.53. The lowest BCUT2D eigenvalue weighted by molar-refractivity contribution is 0.473. The Morgan fingerprint density at radius 1 is 0.667 bits per heavy atom. The monoisotopic (exact) mass is 275 g/mol. The third kappa shape index (κ3) is 3.12. The molecule has 2 heteroatoms. The summed E-state index contributed by atoms with van der Waals surface area (Å²) in [5.41, 5.74) is 8.44. The smallest absolute Gasteiger partial charge is 0.132 e. The summed E-state index contributed by atoms with van der Waals surface area (Å²) in [5.74, 6) is 1.60. The third-order valence-electron chi connectivity index (χ3n) is 3.38. The van der Waals surface area contributed by atoms with Gasteiger partial charge in [-0.25, -0.2) is 0 Å². The van der Waals surface area contributed by atoms with Crippen molar-refractivity contribution in [2.45, 2.75) is 6.04 Å². The molecule has 104 valence electrons. The minimum Gasteiger partial charge on any atom is -0.457 e. The zero-order chi connectivity index (χ0) is 14.5. The topological polar surface area (TPSA) is 35.2 Å². The van der Waals surface area contributed by atoms with E-state index in [4.69, 9.17) is 10.5 Å². The summed E-state index contributed by atoms with van der Waals surface area (Å²) in [7, 11) is 0. The number of benzene rings is 3. The van der Waals surface area contributed by atoms with Crippen LogP contribution in [-0.4, -0.2) is 0 Å². The van der Waals surface area contributed by atoms with Crippen molar-refractivity contribution in [3.05, 3.63) is 96.1 Å². The summed E-state index contributed by atoms with van der Waals surface area (Å²) in [6.45, 7) is 0. The molecular weight excluding hydrogens is 258 g/mol. The molecule has 0 amide bonds. The van der Waals surface area contributed by atoms with Crippen molar-refractivity contribution in [1.82, 2.24) is 0 Å². The second kappa shape index (κ2) is 6.25. The van der Waals surface area contributed by atoms with Crippen LogP contribution in [-0.2, 0) is 0 Å². The van der Waals surface area contributed by atoms with Crippen LogP contribution >= 0.6 is 0 Å². The van der Waals surface area contributed by atoms with Gasteiger partial charge in [-0.3, -0.25) is 0 Å². The molecule has 0 aliphatic heterocycles. The third-order valence-corrected chi connectivity index (χ3v) is 3.38. The number of para-hydroxylation sites is 2. The summed E-state index contributed by atoms with van der Waals surface area (Å²) in [4.78, 5) is 0. The Morgan fingerprint density at radius 3 is 1.95 bits per heavy atom. The molecule has 2 nitrogen and oxygen atoms in total. The van der Waals surface area contributed by atoms with Crippen molar-refractivity contribution in [3.8, 4) is 11.5 Å². The predicted molar refractivity (Wildman–Crippen MR) is 85.4 cm³/mol. The summed E-state index contributed by atoms with van der Waals surface area (Å²) in [6.07, 6.45) is 0. The second-order valence-electron chi connectivity index (χ2n) is 4.84. The van der Waals surface area contributed by atoms with Gasteiger partial charge in [0.1, 0.15) is 11.5 Å². The molecule has 1 atom stereocenters. The first-order valence-corrected chi connectivity index (χ1v) is 6.97. The second-order valence-corrected chi connectivity index (χ2v) is 4.84. The summed E-state index contributed by atoms with van der Waals surface area (Å²) >= 11 is 0. The Morgan fingerprint density at radius 2 is 1.24 bits per heavy atom. The van der Waals surface area contributed by atoms with Crippen molar-refractivity contribution in [2.75, 3.05) is 0 Å². The molecule has 0 bridgehead atoms. The number of ether oxygens (including phenoxy) is 1. The summed E-state index contributed by atoms with van der Waals surface area (Å²) in [5, 5.41) is 0. The van der Waals surface area contributed by atoms with Gasteiger partial charge in [-0.15, -0.1) is 0 Å². The summed E-state index contributed by atoms with van der Waals surface area (Å²) < 4.78 is 5.97. The Bertz CT molecular complexity index is 695. The Hall–Kier alpha value is -2.58. The van der Waals surface area contributed by atoms with E-state index in [1.54, 1.807) is 0 Å². The molecule has 0 spiro atoms. The van der Waals surface area contributed by atoms with Gasteiger partial charge in [0.2, 0.25) is 0 Å². The SMILES string of the molecule is NC(c1ccccc1)c1ccccc1Oc1ccccc1. The van der Waals surface area contributed by atoms with Gasteiger partial charge in [0, 0.05) is 5.56 Å². The van der Waals surface area contributed by atoms with E-state index in [0.717, 1.165) is 22.6 Å². The van der Waals surface area contributed by atoms with Gasteiger partial charge in [-0.1, -0.05) is 66.7 Å². The average molecular weight is 275 g/mol. The number of nitrogens with two attached hydrogens (primary N) is 1. The van der Waals surface area contributed by atoms with Crippen molar-refractivity contribution in [1.29, 1.82) is 0 Å². The molecule has 1 unspecified atom stereocenters. The van der Waals surface area contributed by atoms with E-state index in [2.05, 4.69) is 0 Å². The van der Waals surface area contributed by atoms with E-state index in [9.17, 15) is 0 Å². The number of rotatable bonds is 4. The summed E-state index contributed by atoms with van der Waals surface area (Å²) in [6, 6.07) is 27.5. The Balaban J connectivity index is 1.93. The van der Waals surface area contributed by atoms with Crippen molar-refractivity contribution >= 4 is 0 Å². The van der Waals surface area contributed by atoms with Crippen molar-refractivity contribution in [2.24, 2.45) is 5.73 Å². The van der Waals surface area contributed by atoms with Crippen molar-refractivity contribution in [3.63, 3.8) is 0 Å². The zero-order valence-electron chi connectivity index (χ0n) is 11.6. The van der Waals surface area contributed by atoms with E-state index in [-0.39, 0.29) is 6.04 Å². The first-order chi connectivity index (χ1) is 10.3. The van der Waals surface area contributed by atoms with Gasteiger partial charge in [-0.2, -0.15) is 0 Å². The van der Waals surface area contributed by atoms with E-state index in [0.29, 0.717) is 0 Å². The lowest BCUT2D eigenvalue weighted by Crippen LogP contribution is -2.12. The molecule has 21 heavy (non-hydrogen) atoms. The van der Waals surface area contributed by atoms with Crippen LogP contribution in [0.25, 0.3) is 0 Å². The van der Waals surface area contributed by atoms with Gasteiger partial charge < -0.3 is 10.5 Å². The molecule has 0 fully saturated rings. The number of hydrogen-bond acceptors (Lipinski definition) is 2. The van der Waals surface area contributed by atoms with Crippen LogP contribution < -0.4 is 10.5 Å². The fourth-order valence-corrected chi connectivity index (χ4v) is 2.29. The van der Waals surface area contributed by atoms with Gasteiger partial charge in [0.25, 0.3) is 0 Å². The largest absolute Gasteiger partial charge is 0.457 e. The molecule has 0 radical (unpaired) electrons. The maximum absolute atomic E-state index is 6.39. The van der Waals surface area contributed by atoms with E-state index in [1.807, 2.05) is 84.9 Å². The molecule has 3 aromatic carbocycles. The molecule has 2 N–H and O–H groups in total. The fraction of sp³-hybridized carbons (Fsp3) is 0.0526. The highest BCUT2D eigenvalue weighted by Gasteiger charge is 2.14. The minimum absolute atomic E-state index is 0.203. The van der Waals surface area contributed by atoms with Crippen LogP contribution in [0, 0.1) is 0 Å². The highest BCUT2D eigenvalue weighted by molar-refractivity contribution is 5.43. The minimum atomic E-state index is -0.203. The van der Waals surface area contributed by atoms with Crippen LogP contribution in [0.3, 0.4) is 0 Å². The van der Waals surface area contributed by atoms with Crippen LogP contribution in [0.15, 0.2) is 84.9 Å². The molecule has 3 aromatic rings. The quantitative estimate of drug-likeness (QED) is 0.759. The van der Waals surface area contributed by atoms with E-state index < -0.39 is 0 Å². The maximum atomic E-state index is 6.39. The van der Waals surface area contributed by atoms with Gasteiger partial charge >= 0.3 is 0 Å². The van der Waals surface area contributed by atoms with Crippen LogP contribution in [0.1, 0.15) is 17.2 Å². The van der Waals surface area contributed by atoms with E-state index in [1.165, 1.54) is 0 Å². The Labute approximate surface area is 124 Å². The first-order valence-electron chi connectivity index (χ1n) is 6.97. The maximum Gasteiger partial charge on any atom is 0.132 e. The van der Waals surface area contributed by atoms with Crippen LogP contribution in [0.2, 0.25) is 0 Å². The van der Waals surface area contributed by atoms with E-state index >= 15 is 0 Å². The molecule has 3 rings (SSSR count). The highest BCUT2D eigenvalue weighted by atomic mass is 16.5. The van der Waals surface area contributed by atoms with Gasteiger partial charge in [-0.05, 0) is 23.8 Å². The molecule has 0 saturated heterocycles. The first kappa shape index (κ1) is 13.4. The molecular formula is C19H17NO. The number of hydrogen-bond donors (Lipinski definition) is 1. The lowest BCUT2D eigenvalue weighted by Gasteiger charge is -2.17. The van der Waals surface area contributed by atoms with Gasteiger partial charge in [0.05, 0.1) is 6.04 Å². The standard InChI is InChI=1S/C19H17NO/c20-19(15-9-3-1-4-10-15)17-13-7-8-14-18(17)21-16-11-5-2-6-12-16/h1-14,19H,20H2. The molecule has 0 saturated carbocycles. The fourth-order valence-electron chi connectivity index (χ4n) is 2.29.